The Morgan fingerprint density at radius 3 is 2.50 bits per heavy atom. The van der Waals surface area contributed by atoms with Crippen LogP contribution in [0.1, 0.15) is 23.7 Å². The van der Waals surface area contributed by atoms with E-state index in [2.05, 4.69) is 5.32 Å². The molecule has 0 aliphatic heterocycles. The average molecular weight is 250 g/mol. The first kappa shape index (κ1) is 13.9. The number of rotatable bonds is 5. The summed E-state index contributed by atoms with van der Waals surface area (Å²) in [6.45, 7) is 1.32. The maximum absolute atomic E-state index is 11.9. The van der Waals surface area contributed by atoms with Crippen LogP contribution < -0.4 is 11.1 Å². The number of carbonyl (C=O) groups excluding carboxylic acids is 2. The normalized spacial score (nSPS) is 11.7. The Labute approximate surface area is 104 Å². The number of hydrogen-bond donors (Lipinski definition) is 3. The summed E-state index contributed by atoms with van der Waals surface area (Å²) in [7, 11) is 0. The Hall–Kier alpha value is -2.21. The lowest BCUT2D eigenvalue weighted by atomic mass is 10.0. The van der Waals surface area contributed by atoms with Crippen molar-refractivity contribution in [3.05, 3.63) is 29.8 Å². The van der Waals surface area contributed by atoms with E-state index in [0.717, 1.165) is 0 Å². The molecule has 0 unspecified atom stereocenters. The second-order valence-corrected chi connectivity index (χ2v) is 3.80. The van der Waals surface area contributed by atoms with Gasteiger partial charge < -0.3 is 16.2 Å². The van der Waals surface area contributed by atoms with Crippen molar-refractivity contribution in [2.45, 2.75) is 19.4 Å². The Kier molecular flexibility index (Phi) is 4.56. The van der Waals surface area contributed by atoms with Gasteiger partial charge in [-0.1, -0.05) is 12.1 Å². The van der Waals surface area contributed by atoms with Gasteiger partial charge in [-0.3, -0.25) is 14.4 Å². The van der Waals surface area contributed by atoms with E-state index in [4.69, 9.17) is 10.8 Å². The van der Waals surface area contributed by atoms with Gasteiger partial charge in [0, 0.05) is 18.9 Å². The number of aliphatic carboxylic acids is 1. The second-order valence-electron chi connectivity index (χ2n) is 3.80. The van der Waals surface area contributed by atoms with Crippen molar-refractivity contribution in [3.63, 3.8) is 0 Å². The molecule has 0 fully saturated rings. The summed E-state index contributed by atoms with van der Waals surface area (Å²) in [5.41, 5.74) is 5.91. The molecule has 1 amide bonds. The number of Topliss-reactive ketones (excluding diaryl/α,β-unsaturated/α-hetero) is 1. The Bertz CT molecular complexity index is 485. The maximum atomic E-state index is 11.9. The second kappa shape index (κ2) is 5.92. The van der Waals surface area contributed by atoms with Crippen LogP contribution >= 0.6 is 0 Å². The third-order valence-corrected chi connectivity index (χ3v) is 2.26. The molecule has 1 aromatic rings. The van der Waals surface area contributed by atoms with Crippen LogP contribution in [-0.4, -0.2) is 28.8 Å². The number of nitrogens with one attached hydrogen (secondary N) is 1. The van der Waals surface area contributed by atoms with Gasteiger partial charge in [0.05, 0.1) is 5.69 Å². The van der Waals surface area contributed by atoms with Gasteiger partial charge in [-0.15, -0.1) is 0 Å². The fourth-order valence-electron chi connectivity index (χ4n) is 1.42. The number of anilines is 1. The lowest BCUT2D eigenvalue weighted by Crippen LogP contribution is -2.32. The molecule has 6 heteroatoms. The molecule has 0 spiro atoms. The van der Waals surface area contributed by atoms with E-state index in [1.165, 1.54) is 13.0 Å². The number of carboxylic acid groups (broad SMARTS) is 1. The zero-order valence-electron chi connectivity index (χ0n) is 9.84. The molecule has 4 N–H and O–H groups in total. The predicted molar refractivity (Wildman–Crippen MR) is 65.3 cm³/mol. The zero-order chi connectivity index (χ0) is 13.7. The summed E-state index contributed by atoms with van der Waals surface area (Å²) < 4.78 is 0. The number of carbonyl (C=O) groups is 3. The highest BCUT2D eigenvalue weighted by Crippen LogP contribution is 2.17. The monoisotopic (exact) mass is 250 g/mol. The number of benzene rings is 1. The summed E-state index contributed by atoms with van der Waals surface area (Å²) in [5.74, 6) is -1.97. The molecule has 18 heavy (non-hydrogen) atoms. The van der Waals surface area contributed by atoms with E-state index in [9.17, 15) is 14.4 Å². The van der Waals surface area contributed by atoms with Crippen LogP contribution in [-0.2, 0) is 9.59 Å². The Morgan fingerprint density at radius 1 is 1.33 bits per heavy atom. The average Bonchev–Trinajstić information content (AvgIpc) is 2.28. The molecule has 1 aromatic carbocycles. The fraction of sp³-hybridized carbons (Fsp3) is 0.250. The molecular formula is C12H14N2O4. The zero-order valence-corrected chi connectivity index (χ0v) is 9.84. The van der Waals surface area contributed by atoms with Crippen LogP contribution in [0.3, 0.4) is 0 Å². The third-order valence-electron chi connectivity index (χ3n) is 2.26. The molecule has 0 heterocycles. The minimum absolute atomic E-state index is 0.254. The van der Waals surface area contributed by atoms with Crippen LogP contribution in [0.25, 0.3) is 0 Å². The summed E-state index contributed by atoms with van der Waals surface area (Å²) >= 11 is 0. The van der Waals surface area contributed by atoms with Crippen molar-refractivity contribution in [1.29, 1.82) is 0 Å². The number of para-hydroxylation sites is 1. The van der Waals surface area contributed by atoms with Gasteiger partial charge >= 0.3 is 5.97 Å². The summed E-state index contributed by atoms with van der Waals surface area (Å²) in [6.07, 6.45) is -0.314. The van der Waals surface area contributed by atoms with Crippen molar-refractivity contribution in [3.8, 4) is 0 Å². The highest BCUT2D eigenvalue weighted by Gasteiger charge is 2.19. The van der Waals surface area contributed by atoms with Crippen LogP contribution in [0.15, 0.2) is 24.3 Å². The van der Waals surface area contributed by atoms with Crippen LogP contribution in [0.5, 0.6) is 0 Å². The van der Waals surface area contributed by atoms with Crippen molar-refractivity contribution in [2.24, 2.45) is 5.73 Å². The van der Waals surface area contributed by atoms with Crippen LogP contribution in [0.2, 0.25) is 0 Å². The molecule has 0 radical (unpaired) electrons. The molecule has 0 saturated heterocycles. The molecule has 6 nitrogen and oxygen atoms in total. The van der Waals surface area contributed by atoms with E-state index in [0.29, 0.717) is 5.69 Å². The molecule has 1 atom stereocenters. The topological polar surface area (TPSA) is 109 Å². The molecule has 1 rings (SSSR count). The van der Waals surface area contributed by atoms with E-state index >= 15 is 0 Å². The van der Waals surface area contributed by atoms with Gasteiger partial charge in [0.15, 0.2) is 5.78 Å². The molecular weight excluding hydrogens is 236 g/mol. The van der Waals surface area contributed by atoms with Gasteiger partial charge in [-0.25, -0.2) is 0 Å². The number of amides is 1. The maximum Gasteiger partial charge on any atom is 0.320 e. The molecule has 0 bridgehead atoms. The van der Waals surface area contributed by atoms with Crippen molar-refractivity contribution in [1.82, 2.24) is 0 Å². The molecule has 0 aliphatic rings. The standard InChI is InChI=1S/C12H14N2O4/c1-7(15)14-10-5-3-2-4-8(10)11(16)6-9(13)12(17)18/h2-5,9H,6,13H2,1H3,(H,14,15)(H,17,18)/t9-/m0/s1. The Morgan fingerprint density at radius 2 is 1.94 bits per heavy atom. The fourth-order valence-corrected chi connectivity index (χ4v) is 1.42. The minimum atomic E-state index is -1.25. The number of nitrogens with two attached hydrogens (primary N) is 1. The first-order chi connectivity index (χ1) is 8.41. The van der Waals surface area contributed by atoms with Crippen LogP contribution in [0.4, 0.5) is 5.69 Å². The van der Waals surface area contributed by atoms with Gasteiger partial charge in [-0.2, -0.15) is 0 Å². The summed E-state index contributed by atoms with van der Waals surface area (Å²) in [6, 6.07) is 5.13. The van der Waals surface area contributed by atoms with Crippen LogP contribution in [0, 0.1) is 0 Å². The number of carboxylic acids is 1. The Balaban J connectivity index is 2.91. The molecule has 0 aliphatic carbocycles. The number of ketones is 1. The minimum Gasteiger partial charge on any atom is -0.480 e. The summed E-state index contributed by atoms with van der Waals surface area (Å²) in [4.78, 5) is 33.4. The molecule has 0 aromatic heterocycles. The predicted octanol–water partition coefficient (Wildman–Crippen LogP) is 0.630. The van der Waals surface area contributed by atoms with E-state index in [1.54, 1.807) is 18.2 Å². The van der Waals surface area contributed by atoms with Gasteiger partial charge in [-0.05, 0) is 12.1 Å². The van der Waals surface area contributed by atoms with Crippen molar-refractivity contribution < 1.29 is 19.5 Å². The van der Waals surface area contributed by atoms with Crippen molar-refractivity contribution in [2.75, 3.05) is 5.32 Å². The van der Waals surface area contributed by atoms with Gasteiger partial charge in [0.1, 0.15) is 6.04 Å². The highest BCUT2D eigenvalue weighted by molar-refractivity contribution is 6.05. The summed E-state index contributed by atoms with van der Waals surface area (Å²) in [5, 5.41) is 11.2. The van der Waals surface area contributed by atoms with E-state index in [1.807, 2.05) is 0 Å². The van der Waals surface area contributed by atoms with Gasteiger partial charge in [0.2, 0.25) is 5.91 Å². The highest BCUT2D eigenvalue weighted by atomic mass is 16.4. The van der Waals surface area contributed by atoms with Crippen molar-refractivity contribution >= 4 is 23.3 Å². The lowest BCUT2D eigenvalue weighted by molar-refractivity contribution is -0.138. The molecule has 96 valence electrons. The van der Waals surface area contributed by atoms with E-state index in [-0.39, 0.29) is 17.9 Å². The largest absolute Gasteiger partial charge is 0.480 e. The first-order valence-corrected chi connectivity index (χ1v) is 5.30. The smallest absolute Gasteiger partial charge is 0.320 e. The quantitative estimate of drug-likeness (QED) is 0.664. The SMILES string of the molecule is CC(=O)Nc1ccccc1C(=O)C[C@H](N)C(=O)O. The molecule has 0 saturated carbocycles. The first-order valence-electron chi connectivity index (χ1n) is 5.30. The lowest BCUT2D eigenvalue weighted by Gasteiger charge is -2.10. The van der Waals surface area contributed by atoms with Gasteiger partial charge in [0.25, 0.3) is 0 Å². The third kappa shape index (κ3) is 3.67. The van der Waals surface area contributed by atoms with E-state index < -0.39 is 17.8 Å². The number of hydrogen-bond acceptors (Lipinski definition) is 4.